The molecule has 0 bridgehead atoms. The number of carbonyl (C=O) groups excluding carboxylic acids is 2. The minimum absolute atomic E-state index is 0.00838. The minimum atomic E-state index is -0.0513. The molecular formula is C24H30N2O3. The zero-order valence-electron chi connectivity index (χ0n) is 17.3. The minimum Gasteiger partial charge on any atom is -0.484 e. The number of benzene rings is 2. The maximum Gasteiger partial charge on any atom is 0.260 e. The van der Waals surface area contributed by atoms with Crippen LogP contribution in [0.4, 0.5) is 0 Å². The molecule has 29 heavy (non-hydrogen) atoms. The third-order valence-electron chi connectivity index (χ3n) is 5.32. The molecule has 3 rings (SSSR count). The first kappa shape index (κ1) is 20.9. The van der Waals surface area contributed by atoms with Crippen LogP contribution in [0, 0.1) is 6.92 Å². The van der Waals surface area contributed by atoms with Crippen molar-refractivity contribution in [2.45, 2.75) is 45.6 Å². The predicted molar refractivity (Wildman–Crippen MR) is 114 cm³/mol. The van der Waals surface area contributed by atoms with E-state index in [1.807, 2.05) is 60.4 Å². The van der Waals surface area contributed by atoms with Crippen molar-refractivity contribution in [1.82, 2.24) is 10.2 Å². The van der Waals surface area contributed by atoms with Crippen LogP contribution >= 0.6 is 0 Å². The Morgan fingerprint density at radius 2 is 1.69 bits per heavy atom. The van der Waals surface area contributed by atoms with Crippen LogP contribution in [0.5, 0.6) is 5.75 Å². The quantitative estimate of drug-likeness (QED) is 0.778. The van der Waals surface area contributed by atoms with Crippen molar-refractivity contribution < 1.29 is 14.3 Å². The summed E-state index contributed by atoms with van der Waals surface area (Å²) in [6.45, 7) is 5.47. The van der Waals surface area contributed by atoms with Gasteiger partial charge in [0, 0.05) is 24.7 Å². The summed E-state index contributed by atoms with van der Waals surface area (Å²) < 4.78 is 5.65. The molecule has 154 valence electrons. The van der Waals surface area contributed by atoms with Crippen molar-refractivity contribution in [2.24, 2.45) is 0 Å². The molecule has 1 aliphatic rings. The summed E-state index contributed by atoms with van der Waals surface area (Å²) in [5, 5.41) is 3.08. The summed E-state index contributed by atoms with van der Waals surface area (Å²) >= 11 is 0. The smallest absolute Gasteiger partial charge is 0.260 e. The van der Waals surface area contributed by atoms with Crippen molar-refractivity contribution >= 4 is 11.8 Å². The highest BCUT2D eigenvalue weighted by Gasteiger charge is 2.24. The van der Waals surface area contributed by atoms with Gasteiger partial charge >= 0.3 is 0 Å². The summed E-state index contributed by atoms with van der Waals surface area (Å²) in [7, 11) is 0. The summed E-state index contributed by atoms with van der Waals surface area (Å²) in [5.74, 6) is 0.661. The zero-order valence-corrected chi connectivity index (χ0v) is 17.3. The number of ether oxygens (including phenoxy) is 1. The molecule has 0 spiro atoms. The van der Waals surface area contributed by atoms with E-state index < -0.39 is 0 Å². The first-order chi connectivity index (χ1) is 14.0. The lowest BCUT2D eigenvalue weighted by Crippen LogP contribution is -2.47. The Bertz CT molecular complexity index is 807. The SMILES string of the molecule is CCCc1ccc(OCC(=O)N2CCC(NC(=O)c3ccc(C)cc3)CC2)cc1. The van der Waals surface area contributed by atoms with Gasteiger partial charge in [-0.15, -0.1) is 0 Å². The van der Waals surface area contributed by atoms with Gasteiger partial charge in [0.05, 0.1) is 0 Å². The normalized spacial score (nSPS) is 14.5. The van der Waals surface area contributed by atoms with Crippen LogP contribution in [0.2, 0.25) is 0 Å². The monoisotopic (exact) mass is 394 g/mol. The van der Waals surface area contributed by atoms with Gasteiger partial charge in [0.25, 0.3) is 11.8 Å². The molecule has 0 aliphatic carbocycles. The second-order valence-corrected chi connectivity index (χ2v) is 7.68. The van der Waals surface area contributed by atoms with Crippen LogP contribution in [0.25, 0.3) is 0 Å². The molecule has 1 aliphatic heterocycles. The van der Waals surface area contributed by atoms with E-state index >= 15 is 0 Å². The van der Waals surface area contributed by atoms with E-state index in [4.69, 9.17) is 4.74 Å². The van der Waals surface area contributed by atoms with E-state index in [2.05, 4.69) is 12.2 Å². The second-order valence-electron chi connectivity index (χ2n) is 7.68. The largest absolute Gasteiger partial charge is 0.484 e. The van der Waals surface area contributed by atoms with Crippen LogP contribution in [0.3, 0.4) is 0 Å². The molecule has 2 amide bonds. The van der Waals surface area contributed by atoms with Crippen LogP contribution in [0.1, 0.15) is 47.7 Å². The van der Waals surface area contributed by atoms with Gasteiger partial charge in [-0.2, -0.15) is 0 Å². The topological polar surface area (TPSA) is 58.6 Å². The fraction of sp³-hybridized carbons (Fsp3) is 0.417. The first-order valence-electron chi connectivity index (χ1n) is 10.4. The molecule has 1 heterocycles. The molecule has 1 fully saturated rings. The van der Waals surface area contributed by atoms with Crippen molar-refractivity contribution in [1.29, 1.82) is 0 Å². The molecule has 2 aromatic rings. The summed E-state index contributed by atoms with van der Waals surface area (Å²) in [6, 6.07) is 15.6. The number of nitrogens with one attached hydrogen (secondary N) is 1. The maximum absolute atomic E-state index is 12.4. The Morgan fingerprint density at radius 3 is 2.31 bits per heavy atom. The summed E-state index contributed by atoms with van der Waals surface area (Å²) in [6.07, 6.45) is 3.68. The van der Waals surface area contributed by atoms with Crippen LogP contribution in [-0.2, 0) is 11.2 Å². The predicted octanol–water partition coefficient (Wildman–Crippen LogP) is 3.75. The Morgan fingerprint density at radius 1 is 1.03 bits per heavy atom. The number of nitrogens with zero attached hydrogens (tertiary/aromatic N) is 1. The van der Waals surface area contributed by atoms with Crippen molar-refractivity contribution in [3.05, 3.63) is 65.2 Å². The van der Waals surface area contributed by atoms with Gasteiger partial charge in [-0.1, -0.05) is 43.2 Å². The molecule has 1 saturated heterocycles. The Balaban J connectivity index is 1.40. The van der Waals surface area contributed by atoms with E-state index in [9.17, 15) is 9.59 Å². The van der Waals surface area contributed by atoms with Gasteiger partial charge in [0.15, 0.2) is 6.61 Å². The Hall–Kier alpha value is -2.82. The van der Waals surface area contributed by atoms with Crippen LogP contribution in [0.15, 0.2) is 48.5 Å². The van der Waals surface area contributed by atoms with E-state index in [0.717, 1.165) is 37.0 Å². The number of hydrogen-bond donors (Lipinski definition) is 1. The number of amides is 2. The van der Waals surface area contributed by atoms with Crippen molar-refractivity contribution in [3.63, 3.8) is 0 Å². The third kappa shape index (κ3) is 6.08. The number of carbonyl (C=O) groups is 2. The van der Waals surface area contributed by atoms with Gasteiger partial charge in [0.2, 0.25) is 0 Å². The van der Waals surface area contributed by atoms with Gasteiger partial charge < -0.3 is 15.0 Å². The maximum atomic E-state index is 12.4. The van der Waals surface area contributed by atoms with E-state index in [0.29, 0.717) is 18.7 Å². The molecule has 5 nitrogen and oxygen atoms in total. The average Bonchev–Trinajstić information content (AvgIpc) is 2.74. The third-order valence-corrected chi connectivity index (χ3v) is 5.32. The van der Waals surface area contributed by atoms with Crippen LogP contribution in [-0.4, -0.2) is 42.5 Å². The Labute approximate surface area is 173 Å². The molecule has 0 radical (unpaired) electrons. The number of piperidine rings is 1. The van der Waals surface area contributed by atoms with E-state index in [1.54, 1.807) is 0 Å². The van der Waals surface area contributed by atoms with Gasteiger partial charge in [0.1, 0.15) is 5.75 Å². The number of rotatable bonds is 7. The lowest BCUT2D eigenvalue weighted by molar-refractivity contribution is -0.134. The molecule has 0 saturated carbocycles. The summed E-state index contributed by atoms with van der Waals surface area (Å²) in [4.78, 5) is 26.6. The van der Waals surface area contributed by atoms with Crippen molar-refractivity contribution in [3.8, 4) is 5.75 Å². The lowest BCUT2D eigenvalue weighted by Gasteiger charge is -2.32. The molecule has 0 aromatic heterocycles. The number of likely N-dealkylation sites (tertiary alicyclic amines) is 1. The van der Waals surface area contributed by atoms with Crippen molar-refractivity contribution in [2.75, 3.05) is 19.7 Å². The van der Waals surface area contributed by atoms with Gasteiger partial charge in [-0.25, -0.2) is 0 Å². The highest BCUT2D eigenvalue weighted by atomic mass is 16.5. The Kier molecular flexibility index (Phi) is 7.28. The molecule has 5 heteroatoms. The highest BCUT2D eigenvalue weighted by molar-refractivity contribution is 5.94. The standard InChI is InChI=1S/C24H30N2O3/c1-3-4-19-7-11-22(12-8-19)29-17-23(27)26-15-13-21(14-16-26)25-24(28)20-9-5-18(2)6-10-20/h5-12,21H,3-4,13-17H2,1-2H3,(H,25,28). The number of aryl methyl sites for hydroxylation is 2. The number of hydrogen-bond acceptors (Lipinski definition) is 3. The second kappa shape index (κ2) is 10.1. The fourth-order valence-electron chi connectivity index (χ4n) is 3.52. The first-order valence-corrected chi connectivity index (χ1v) is 10.4. The fourth-order valence-corrected chi connectivity index (χ4v) is 3.52. The van der Waals surface area contributed by atoms with Gasteiger partial charge in [-0.05, 0) is 56.0 Å². The molecular weight excluding hydrogens is 364 g/mol. The molecule has 0 unspecified atom stereocenters. The lowest BCUT2D eigenvalue weighted by atomic mass is 10.0. The molecule has 2 aromatic carbocycles. The molecule has 1 N–H and O–H groups in total. The highest BCUT2D eigenvalue weighted by Crippen LogP contribution is 2.15. The molecule has 0 atom stereocenters. The summed E-state index contributed by atoms with van der Waals surface area (Å²) in [5.41, 5.74) is 3.08. The zero-order chi connectivity index (χ0) is 20.6. The average molecular weight is 395 g/mol. The van der Waals surface area contributed by atoms with Crippen LogP contribution < -0.4 is 10.1 Å². The van der Waals surface area contributed by atoms with E-state index in [-0.39, 0.29) is 24.5 Å². The van der Waals surface area contributed by atoms with Gasteiger partial charge in [-0.3, -0.25) is 9.59 Å². The van der Waals surface area contributed by atoms with E-state index in [1.165, 1.54) is 5.56 Å².